The Hall–Kier alpha value is -1.10. The molecule has 1 rings (SSSR count). The van der Waals surface area contributed by atoms with E-state index in [2.05, 4.69) is 5.32 Å². The fraction of sp³-hybridized carbons (Fsp3) is 0.857. The van der Waals surface area contributed by atoms with Crippen LogP contribution in [0.15, 0.2) is 0 Å². The molecule has 0 aliphatic carbocycles. The van der Waals surface area contributed by atoms with Crippen LogP contribution in [0.4, 0.5) is 0 Å². The molecule has 0 aromatic heterocycles. The molecule has 1 fully saturated rings. The van der Waals surface area contributed by atoms with E-state index in [0.29, 0.717) is 5.92 Å². The molecular formula is C14H27N3O2. The summed E-state index contributed by atoms with van der Waals surface area (Å²) in [6.07, 6.45) is 2.18. The van der Waals surface area contributed by atoms with Crippen molar-refractivity contribution in [3.63, 3.8) is 0 Å². The molecular weight excluding hydrogens is 242 g/mol. The minimum atomic E-state index is -0.422. The summed E-state index contributed by atoms with van der Waals surface area (Å²) in [6.45, 7) is 6.05. The summed E-state index contributed by atoms with van der Waals surface area (Å²) in [5.41, 5.74) is -0.422. The third kappa shape index (κ3) is 3.93. The van der Waals surface area contributed by atoms with Gasteiger partial charge in [-0.3, -0.25) is 9.59 Å². The normalized spacial score (nSPS) is 19.9. The highest BCUT2D eigenvalue weighted by molar-refractivity contribution is 5.87. The summed E-state index contributed by atoms with van der Waals surface area (Å²) in [5, 5.41) is 3.35. The van der Waals surface area contributed by atoms with Crippen molar-refractivity contribution in [2.45, 2.75) is 26.7 Å². The fourth-order valence-electron chi connectivity index (χ4n) is 2.55. The third-order valence-electron chi connectivity index (χ3n) is 4.09. The predicted molar refractivity (Wildman–Crippen MR) is 75.7 cm³/mol. The minimum absolute atomic E-state index is 0.0478. The molecule has 0 radical (unpaired) electrons. The molecule has 0 bridgehead atoms. The van der Waals surface area contributed by atoms with Gasteiger partial charge in [0.05, 0.1) is 6.54 Å². The van der Waals surface area contributed by atoms with Gasteiger partial charge < -0.3 is 15.1 Å². The van der Waals surface area contributed by atoms with Crippen LogP contribution in [0.1, 0.15) is 26.7 Å². The molecule has 2 amide bonds. The number of hydrogen-bond donors (Lipinski definition) is 1. The molecule has 0 aromatic rings. The molecule has 5 heteroatoms. The van der Waals surface area contributed by atoms with E-state index in [4.69, 9.17) is 0 Å². The molecule has 19 heavy (non-hydrogen) atoms. The zero-order valence-corrected chi connectivity index (χ0v) is 12.8. The smallest absolute Gasteiger partial charge is 0.241 e. The largest absolute Gasteiger partial charge is 0.347 e. The molecule has 1 saturated heterocycles. The van der Waals surface area contributed by atoms with E-state index in [1.54, 1.807) is 26.0 Å². The van der Waals surface area contributed by atoms with Gasteiger partial charge in [0, 0.05) is 26.6 Å². The first kappa shape index (κ1) is 16.0. The SMILES string of the molecule is CN(C)C(=O)CN(C)C(=O)C(C)(C)C1CCCNC1. The van der Waals surface area contributed by atoms with E-state index < -0.39 is 5.41 Å². The molecule has 110 valence electrons. The van der Waals surface area contributed by atoms with Crippen molar-refractivity contribution in [1.82, 2.24) is 15.1 Å². The molecule has 1 aliphatic rings. The summed E-state index contributed by atoms with van der Waals surface area (Å²) < 4.78 is 0. The Morgan fingerprint density at radius 2 is 1.89 bits per heavy atom. The van der Waals surface area contributed by atoms with E-state index in [1.807, 2.05) is 13.8 Å². The van der Waals surface area contributed by atoms with Gasteiger partial charge in [-0.1, -0.05) is 13.8 Å². The van der Waals surface area contributed by atoms with E-state index in [0.717, 1.165) is 25.9 Å². The Labute approximate surface area is 116 Å². The first-order valence-corrected chi connectivity index (χ1v) is 6.93. The van der Waals surface area contributed by atoms with Crippen molar-refractivity contribution in [2.75, 3.05) is 40.8 Å². The summed E-state index contributed by atoms with van der Waals surface area (Å²) >= 11 is 0. The number of nitrogens with one attached hydrogen (secondary N) is 1. The summed E-state index contributed by atoms with van der Waals surface area (Å²) in [4.78, 5) is 27.3. The highest BCUT2D eigenvalue weighted by atomic mass is 16.2. The second-order valence-corrected chi connectivity index (χ2v) is 6.21. The average molecular weight is 269 g/mol. The van der Waals surface area contributed by atoms with Crippen LogP contribution in [0.2, 0.25) is 0 Å². The lowest BCUT2D eigenvalue weighted by atomic mass is 9.74. The average Bonchev–Trinajstić information content (AvgIpc) is 2.38. The lowest BCUT2D eigenvalue weighted by molar-refractivity contribution is -0.146. The Kier molecular flexibility index (Phi) is 5.35. The summed E-state index contributed by atoms with van der Waals surface area (Å²) in [7, 11) is 5.12. The first-order valence-electron chi connectivity index (χ1n) is 6.93. The third-order valence-corrected chi connectivity index (χ3v) is 4.09. The van der Waals surface area contributed by atoms with Gasteiger partial charge in [0.1, 0.15) is 0 Å². The zero-order chi connectivity index (χ0) is 14.6. The maximum Gasteiger partial charge on any atom is 0.241 e. The first-order chi connectivity index (χ1) is 8.76. The Balaban J connectivity index is 2.65. The van der Waals surface area contributed by atoms with Gasteiger partial charge >= 0.3 is 0 Å². The van der Waals surface area contributed by atoms with Crippen molar-refractivity contribution in [3.05, 3.63) is 0 Å². The molecule has 1 aliphatic heterocycles. The van der Waals surface area contributed by atoms with Crippen molar-refractivity contribution in [3.8, 4) is 0 Å². The van der Waals surface area contributed by atoms with Gasteiger partial charge in [0.25, 0.3) is 0 Å². The van der Waals surface area contributed by atoms with Gasteiger partial charge in [-0.05, 0) is 31.8 Å². The maximum absolute atomic E-state index is 12.5. The van der Waals surface area contributed by atoms with Crippen LogP contribution >= 0.6 is 0 Å². The molecule has 1 N–H and O–H groups in total. The molecule has 1 atom stereocenters. The highest BCUT2D eigenvalue weighted by Crippen LogP contribution is 2.33. The van der Waals surface area contributed by atoms with Crippen LogP contribution in [0, 0.1) is 11.3 Å². The zero-order valence-electron chi connectivity index (χ0n) is 12.8. The molecule has 0 aromatic carbocycles. The number of carbonyl (C=O) groups is 2. The number of nitrogens with zero attached hydrogens (tertiary/aromatic N) is 2. The lowest BCUT2D eigenvalue weighted by Crippen LogP contribution is -2.49. The van der Waals surface area contributed by atoms with Crippen molar-refractivity contribution < 1.29 is 9.59 Å². The minimum Gasteiger partial charge on any atom is -0.347 e. The summed E-state index contributed by atoms with van der Waals surface area (Å²) in [6, 6.07) is 0. The van der Waals surface area contributed by atoms with Gasteiger partial charge in [-0.15, -0.1) is 0 Å². The Morgan fingerprint density at radius 1 is 1.26 bits per heavy atom. The number of amides is 2. The molecule has 1 unspecified atom stereocenters. The van der Waals surface area contributed by atoms with Crippen LogP contribution in [-0.2, 0) is 9.59 Å². The highest BCUT2D eigenvalue weighted by Gasteiger charge is 2.39. The topological polar surface area (TPSA) is 52.7 Å². The number of piperidine rings is 1. The quantitative estimate of drug-likeness (QED) is 0.811. The lowest BCUT2D eigenvalue weighted by Gasteiger charge is -2.38. The molecule has 5 nitrogen and oxygen atoms in total. The second kappa shape index (κ2) is 6.37. The van der Waals surface area contributed by atoms with Crippen molar-refractivity contribution >= 4 is 11.8 Å². The Bertz CT molecular complexity index is 334. The van der Waals surface area contributed by atoms with E-state index in [1.165, 1.54) is 4.90 Å². The van der Waals surface area contributed by atoms with Gasteiger partial charge in [-0.2, -0.15) is 0 Å². The second-order valence-electron chi connectivity index (χ2n) is 6.21. The number of likely N-dealkylation sites (N-methyl/N-ethyl adjacent to an activating group) is 2. The number of carbonyl (C=O) groups excluding carboxylic acids is 2. The fourth-order valence-corrected chi connectivity index (χ4v) is 2.55. The summed E-state index contributed by atoms with van der Waals surface area (Å²) in [5.74, 6) is 0.343. The van der Waals surface area contributed by atoms with Gasteiger partial charge in [-0.25, -0.2) is 0 Å². The Morgan fingerprint density at radius 3 is 2.37 bits per heavy atom. The van der Waals surface area contributed by atoms with Crippen molar-refractivity contribution in [1.29, 1.82) is 0 Å². The molecule has 0 saturated carbocycles. The van der Waals surface area contributed by atoms with Crippen LogP contribution in [0.3, 0.4) is 0 Å². The number of hydrogen-bond acceptors (Lipinski definition) is 3. The predicted octanol–water partition coefficient (Wildman–Crippen LogP) is 0.559. The maximum atomic E-state index is 12.5. The molecule has 0 spiro atoms. The van der Waals surface area contributed by atoms with Gasteiger partial charge in [0.2, 0.25) is 11.8 Å². The van der Waals surface area contributed by atoms with Crippen LogP contribution in [0.25, 0.3) is 0 Å². The molecule has 1 heterocycles. The van der Waals surface area contributed by atoms with Crippen molar-refractivity contribution in [2.24, 2.45) is 11.3 Å². The monoisotopic (exact) mass is 269 g/mol. The number of rotatable bonds is 4. The van der Waals surface area contributed by atoms with Crippen LogP contribution in [-0.4, -0.2) is 62.4 Å². The van der Waals surface area contributed by atoms with Crippen LogP contribution in [0.5, 0.6) is 0 Å². The van der Waals surface area contributed by atoms with Crippen LogP contribution < -0.4 is 5.32 Å². The standard InChI is InChI=1S/C14H27N3O2/c1-14(2,11-7-6-8-15-9-11)13(19)17(5)10-12(18)16(3)4/h11,15H,6-10H2,1-5H3. The van der Waals surface area contributed by atoms with E-state index in [-0.39, 0.29) is 18.4 Å². The van der Waals surface area contributed by atoms with Gasteiger partial charge in [0.15, 0.2) is 0 Å². The van der Waals surface area contributed by atoms with E-state index in [9.17, 15) is 9.59 Å². The van der Waals surface area contributed by atoms with E-state index >= 15 is 0 Å².